The quantitative estimate of drug-likeness (QED) is 0.927. The van der Waals surface area contributed by atoms with Crippen LogP contribution in [0.15, 0.2) is 16.7 Å². The summed E-state index contributed by atoms with van der Waals surface area (Å²) in [4.78, 5) is 13.8. The number of nitrogens with zero attached hydrogens (tertiary/aromatic N) is 1. The van der Waals surface area contributed by atoms with E-state index in [0.717, 1.165) is 38.4 Å². The summed E-state index contributed by atoms with van der Waals surface area (Å²) in [6.07, 6.45) is 2.53. The number of carbonyl (C=O) groups excluding carboxylic acids is 1. The first kappa shape index (κ1) is 15.9. The van der Waals surface area contributed by atoms with Gasteiger partial charge in [-0.05, 0) is 51.7 Å². The molecule has 1 amide bonds. The van der Waals surface area contributed by atoms with Crippen molar-refractivity contribution in [2.45, 2.75) is 46.3 Å². The Bertz CT molecular complexity index is 476. The molecule has 0 bridgehead atoms. The Kier molecular flexibility index (Phi) is 4.93. The van der Waals surface area contributed by atoms with Gasteiger partial charge in [0.15, 0.2) is 0 Å². The van der Waals surface area contributed by atoms with Crippen molar-refractivity contribution in [3.05, 3.63) is 23.7 Å². The second kappa shape index (κ2) is 6.52. The Morgan fingerprint density at radius 3 is 2.90 bits per heavy atom. The van der Waals surface area contributed by atoms with Crippen LogP contribution < -0.4 is 5.32 Å². The van der Waals surface area contributed by atoms with Crippen molar-refractivity contribution in [3.8, 4) is 0 Å². The van der Waals surface area contributed by atoms with Crippen LogP contribution in [0, 0.1) is 12.8 Å². The lowest BCUT2D eigenvalue weighted by atomic mass is 10.1. The molecule has 1 saturated heterocycles. The van der Waals surface area contributed by atoms with Crippen molar-refractivity contribution >= 4 is 6.09 Å². The maximum absolute atomic E-state index is 12.0. The minimum atomic E-state index is -0.426. The zero-order chi connectivity index (χ0) is 15.5. The number of furan rings is 1. The molecule has 0 saturated carbocycles. The van der Waals surface area contributed by atoms with Gasteiger partial charge in [0.05, 0.1) is 12.8 Å². The Morgan fingerprint density at radius 2 is 2.29 bits per heavy atom. The van der Waals surface area contributed by atoms with Crippen LogP contribution in [-0.2, 0) is 11.3 Å². The second-order valence-corrected chi connectivity index (χ2v) is 6.74. The maximum atomic E-state index is 12.0. The van der Waals surface area contributed by atoms with E-state index in [2.05, 4.69) is 5.32 Å². The van der Waals surface area contributed by atoms with Gasteiger partial charge in [-0.25, -0.2) is 4.79 Å². The van der Waals surface area contributed by atoms with Gasteiger partial charge in [-0.15, -0.1) is 0 Å². The van der Waals surface area contributed by atoms with E-state index in [1.807, 2.05) is 33.8 Å². The van der Waals surface area contributed by atoms with Crippen molar-refractivity contribution in [3.63, 3.8) is 0 Å². The summed E-state index contributed by atoms with van der Waals surface area (Å²) < 4.78 is 10.8. The molecule has 1 aromatic heterocycles. The summed E-state index contributed by atoms with van der Waals surface area (Å²) in [5.74, 6) is 1.46. The topological polar surface area (TPSA) is 54.7 Å². The molecule has 1 atom stereocenters. The molecule has 0 radical (unpaired) electrons. The molecule has 2 heterocycles. The Labute approximate surface area is 126 Å². The molecule has 1 aliphatic rings. The Balaban J connectivity index is 1.70. The number of amides is 1. The van der Waals surface area contributed by atoms with Gasteiger partial charge in [0.2, 0.25) is 0 Å². The van der Waals surface area contributed by atoms with Crippen LogP contribution in [-0.4, -0.2) is 36.2 Å². The van der Waals surface area contributed by atoms with Gasteiger partial charge in [0.1, 0.15) is 11.4 Å². The minimum absolute atomic E-state index is 0.202. The van der Waals surface area contributed by atoms with E-state index in [-0.39, 0.29) is 6.09 Å². The lowest BCUT2D eigenvalue weighted by Crippen LogP contribution is -2.36. The van der Waals surface area contributed by atoms with Crippen molar-refractivity contribution in [1.82, 2.24) is 10.2 Å². The van der Waals surface area contributed by atoms with Crippen LogP contribution in [0.1, 0.15) is 38.5 Å². The average molecular weight is 294 g/mol. The highest BCUT2D eigenvalue weighted by atomic mass is 16.6. The van der Waals surface area contributed by atoms with Gasteiger partial charge in [0, 0.05) is 19.6 Å². The normalized spacial score (nSPS) is 19.0. The highest BCUT2D eigenvalue weighted by molar-refractivity contribution is 5.68. The molecule has 1 fully saturated rings. The van der Waals surface area contributed by atoms with Gasteiger partial charge in [-0.1, -0.05) is 0 Å². The third-order valence-corrected chi connectivity index (χ3v) is 3.62. The fourth-order valence-electron chi connectivity index (χ4n) is 2.47. The predicted octanol–water partition coefficient (Wildman–Crippen LogP) is 2.93. The van der Waals surface area contributed by atoms with Gasteiger partial charge < -0.3 is 19.4 Å². The van der Waals surface area contributed by atoms with Crippen LogP contribution in [0.3, 0.4) is 0 Å². The number of likely N-dealkylation sites (tertiary alicyclic amines) is 1. The molecule has 1 aromatic rings. The Morgan fingerprint density at radius 1 is 1.52 bits per heavy atom. The second-order valence-electron chi connectivity index (χ2n) is 6.74. The third-order valence-electron chi connectivity index (χ3n) is 3.62. The van der Waals surface area contributed by atoms with E-state index in [1.165, 1.54) is 5.56 Å². The van der Waals surface area contributed by atoms with Crippen LogP contribution >= 0.6 is 0 Å². The summed E-state index contributed by atoms with van der Waals surface area (Å²) in [7, 11) is 0. The van der Waals surface area contributed by atoms with Gasteiger partial charge in [0.25, 0.3) is 0 Å². The van der Waals surface area contributed by atoms with E-state index >= 15 is 0 Å². The number of hydrogen-bond donors (Lipinski definition) is 1. The first-order chi connectivity index (χ1) is 9.85. The van der Waals surface area contributed by atoms with Gasteiger partial charge >= 0.3 is 6.09 Å². The zero-order valence-electron chi connectivity index (χ0n) is 13.4. The summed E-state index contributed by atoms with van der Waals surface area (Å²) in [6, 6.07) is 1.97. The fourth-order valence-corrected chi connectivity index (χ4v) is 2.47. The minimum Gasteiger partial charge on any atom is -0.468 e. The molecular formula is C16H26N2O3. The summed E-state index contributed by atoms with van der Waals surface area (Å²) in [5.41, 5.74) is 0.744. The van der Waals surface area contributed by atoms with Crippen molar-refractivity contribution in [2.75, 3.05) is 19.6 Å². The maximum Gasteiger partial charge on any atom is 0.410 e. The van der Waals surface area contributed by atoms with E-state index in [4.69, 9.17) is 9.15 Å². The number of hydrogen-bond acceptors (Lipinski definition) is 4. The Hall–Kier alpha value is -1.49. The monoisotopic (exact) mass is 294 g/mol. The number of carbonyl (C=O) groups is 1. The summed E-state index contributed by atoms with van der Waals surface area (Å²) in [5, 5.41) is 3.41. The molecule has 118 valence electrons. The van der Waals surface area contributed by atoms with Crippen LogP contribution in [0.25, 0.3) is 0 Å². The smallest absolute Gasteiger partial charge is 0.410 e. The molecule has 1 aliphatic heterocycles. The number of nitrogens with one attached hydrogen (secondary N) is 1. The van der Waals surface area contributed by atoms with Crippen LogP contribution in [0.4, 0.5) is 4.79 Å². The first-order valence-corrected chi connectivity index (χ1v) is 7.57. The molecule has 5 heteroatoms. The number of ether oxygens (including phenoxy) is 1. The first-order valence-electron chi connectivity index (χ1n) is 7.57. The van der Waals surface area contributed by atoms with E-state index in [9.17, 15) is 4.79 Å². The van der Waals surface area contributed by atoms with Crippen molar-refractivity contribution in [2.24, 2.45) is 5.92 Å². The summed E-state index contributed by atoms with van der Waals surface area (Å²) >= 11 is 0. The molecule has 0 aromatic carbocycles. The molecule has 5 nitrogen and oxygen atoms in total. The van der Waals surface area contributed by atoms with Crippen molar-refractivity contribution in [1.29, 1.82) is 0 Å². The van der Waals surface area contributed by atoms with Crippen LogP contribution in [0.2, 0.25) is 0 Å². The van der Waals surface area contributed by atoms with E-state index < -0.39 is 5.60 Å². The summed E-state index contributed by atoms with van der Waals surface area (Å²) in [6.45, 7) is 10.9. The third kappa shape index (κ3) is 4.77. The van der Waals surface area contributed by atoms with E-state index in [0.29, 0.717) is 5.92 Å². The largest absolute Gasteiger partial charge is 0.468 e. The lowest BCUT2D eigenvalue weighted by Gasteiger charge is -2.24. The highest BCUT2D eigenvalue weighted by Gasteiger charge is 2.29. The van der Waals surface area contributed by atoms with Crippen molar-refractivity contribution < 1.29 is 13.9 Å². The molecule has 21 heavy (non-hydrogen) atoms. The molecule has 1 N–H and O–H groups in total. The standard InChI is InChI=1S/C16H26N2O3/c1-12-6-8-20-14(12)10-17-9-13-5-7-18(11-13)15(19)21-16(2,3)4/h6,8,13,17H,5,7,9-11H2,1-4H3. The predicted molar refractivity (Wildman–Crippen MR) is 81.1 cm³/mol. The number of rotatable bonds is 4. The molecule has 0 spiro atoms. The number of aryl methyl sites for hydroxylation is 1. The molecule has 0 aliphatic carbocycles. The molecular weight excluding hydrogens is 268 g/mol. The fraction of sp³-hybridized carbons (Fsp3) is 0.688. The molecule has 1 unspecified atom stereocenters. The van der Waals surface area contributed by atoms with E-state index in [1.54, 1.807) is 11.2 Å². The lowest BCUT2D eigenvalue weighted by molar-refractivity contribution is 0.0288. The van der Waals surface area contributed by atoms with Gasteiger partial charge in [-0.3, -0.25) is 0 Å². The van der Waals surface area contributed by atoms with Crippen LogP contribution in [0.5, 0.6) is 0 Å². The highest BCUT2D eigenvalue weighted by Crippen LogP contribution is 2.19. The van der Waals surface area contributed by atoms with Gasteiger partial charge in [-0.2, -0.15) is 0 Å². The average Bonchev–Trinajstić information content (AvgIpc) is 2.97. The SMILES string of the molecule is Cc1ccoc1CNCC1CCN(C(=O)OC(C)(C)C)C1. The molecule has 2 rings (SSSR count). The zero-order valence-corrected chi connectivity index (χ0v) is 13.4.